The highest BCUT2D eigenvalue weighted by atomic mass is 16.3. The minimum Gasteiger partial charge on any atom is -0.507 e. The van der Waals surface area contributed by atoms with Crippen LogP contribution in [-0.2, 0) is 0 Å². The number of rotatable bonds is 2. The number of benzene rings is 3. The number of fused-ring (bicyclic) bond motifs is 2. The van der Waals surface area contributed by atoms with Crippen molar-refractivity contribution >= 4 is 21.9 Å². The van der Waals surface area contributed by atoms with Crippen LogP contribution in [0.1, 0.15) is 0 Å². The molecule has 2 heterocycles. The summed E-state index contributed by atoms with van der Waals surface area (Å²) in [6, 6.07) is 22.8. The van der Waals surface area contributed by atoms with E-state index < -0.39 is 5.43 Å². The Balaban J connectivity index is 1.87. The van der Waals surface area contributed by atoms with Crippen molar-refractivity contribution in [2.75, 3.05) is 0 Å². The number of para-hydroxylation sites is 2. The Kier molecular flexibility index (Phi) is 3.81. The monoisotopic (exact) mass is 381 g/mol. The molecule has 0 radical (unpaired) electrons. The molecule has 5 nitrogen and oxygen atoms in total. The van der Waals surface area contributed by atoms with E-state index in [1.165, 1.54) is 12.1 Å². The average molecular weight is 381 g/mol. The molecule has 0 saturated carbocycles. The van der Waals surface area contributed by atoms with Gasteiger partial charge in [0.05, 0.1) is 11.1 Å². The van der Waals surface area contributed by atoms with E-state index in [2.05, 4.69) is 0 Å². The number of phenols is 1. The van der Waals surface area contributed by atoms with Crippen molar-refractivity contribution < 1.29 is 9.52 Å². The molecule has 0 saturated heterocycles. The molecule has 0 spiro atoms. The number of pyridine rings is 1. The van der Waals surface area contributed by atoms with Gasteiger partial charge in [0.2, 0.25) is 0 Å². The highest BCUT2D eigenvalue weighted by Gasteiger charge is 2.16. The second kappa shape index (κ2) is 6.49. The molecule has 0 amide bonds. The lowest BCUT2D eigenvalue weighted by molar-refractivity contribution is 0.479. The summed E-state index contributed by atoms with van der Waals surface area (Å²) in [6.07, 6.45) is 1.69. The molecule has 0 fully saturated rings. The Hall–Kier alpha value is -4.12. The quantitative estimate of drug-likeness (QED) is 0.490. The summed E-state index contributed by atoms with van der Waals surface area (Å²) >= 11 is 0. The largest absolute Gasteiger partial charge is 0.507 e. The van der Waals surface area contributed by atoms with Gasteiger partial charge in [0.1, 0.15) is 22.5 Å². The molecule has 0 unspecified atom stereocenters. The van der Waals surface area contributed by atoms with Gasteiger partial charge in [0.25, 0.3) is 0 Å². The number of nitrogens with zero attached hydrogens (tertiary/aromatic N) is 1. The fourth-order valence-corrected chi connectivity index (χ4v) is 3.58. The summed E-state index contributed by atoms with van der Waals surface area (Å²) in [5.41, 5.74) is 1.51. The van der Waals surface area contributed by atoms with Crippen molar-refractivity contribution in [2.24, 2.45) is 0 Å². The Morgan fingerprint density at radius 2 is 1.59 bits per heavy atom. The van der Waals surface area contributed by atoms with Crippen LogP contribution in [0.15, 0.2) is 99.1 Å². The summed E-state index contributed by atoms with van der Waals surface area (Å²) in [4.78, 5) is 25.8. The third-order valence-corrected chi connectivity index (χ3v) is 4.94. The molecular formula is C24H15NO4. The van der Waals surface area contributed by atoms with E-state index in [1.54, 1.807) is 30.5 Å². The van der Waals surface area contributed by atoms with Crippen molar-refractivity contribution in [1.29, 1.82) is 0 Å². The van der Waals surface area contributed by atoms with Crippen LogP contribution in [0.3, 0.4) is 0 Å². The van der Waals surface area contributed by atoms with Crippen molar-refractivity contribution in [3.05, 3.63) is 106 Å². The van der Waals surface area contributed by atoms with Crippen LogP contribution in [0.4, 0.5) is 0 Å². The van der Waals surface area contributed by atoms with Crippen molar-refractivity contribution in [1.82, 2.24) is 4.57 Å². The van der Waals surface area contributed by atoms with Gasteiger partial charge >= 0.3 is 0 Å². The molecule has 3 aromatic carbocycles. The number of hydrogen-bond acceptors (Lipinski definition) is 4. The third-order valence-electron chi connectivity index (χ3n) is 4.94. The predicted molar refractivity (Wildman–Crippen MR) is 113 cm³/mol. The molecule has 0 aliphatic rings. The van der Waals surface area contributed by atoms with Gasteiger partial charge in [-0.1, -0.05) is 36.4 Å². The van der Waals surface area contributed by atoms with Crippen LogP contribution in [0.2, 0.25) is 0 Å². The van der Waals surface area contributed by atoms with Crippen molar-refractivity contribution in [2.45, 2.75) is 0 Å². The molecule has 5 rings (SSSR count). The number of phenolic OH excluding ortho intramolecular Hbond substituents is 1. The van der Waals surface area contributed by atoms with E-state index in [-0.39, 0.29) is 33.5 Å². The van der Waals surface area contributed by atoms with Gasteiger partial charge in [0, 0.05) is 23.3 Å². The molecule has 0 bridgehead atoms. The first kappa shape index (κ1) is 17.0. The lowest BCUT2D eigenvalue weighted by atomic mass is 10.1. The van der Waals surface area contributed by atoms with Crippen LogP contribution in [-0.4, -0.2) is 9.67 Å². The van der Waals surface area contributed by atoms with Crippen LogP contribution in [0.5, 0.6) is 5.75 Å². The summed E-state index contributed by atoms with van der Waals surface area (Å²) in [7, 11) is 0. The molecule has 5 aromatic rings. The van der Waals surface area contributed by atoms with Gasteiger partial charge in [-0.2, -0.15) is 0 Å². The van der Waals surface area contributed by atoms with E-state index in [0.717, 1.165) is 11.2 Å². The molecule has 29 heavy (non-hydrogen) atoms. The lowest BCUT2D eigenvalue weighted by Crippen LogP contribution is -2.12. The summed E-state index contributed by atoms with van der Waals surface area (Å²) in [5.74, 6) is 0.0107. The molecule has 5 heteroatoms. The van der Waals surface area contributed by atoms with Crippen molar-refractivity contribution in [3.63, 3.8) is 0 Å². The Morgan fingerprint density at radius 3 is 2.41 bits per heavy atom. The molecule has 1 N–H and O–H groups in total. The standard InChI is InChI=1S/C24H15NO4/c26-19-11-6-12-21-23(19)20(27)13-22(29-21)17-14-25(15-7-2-1-3-8-15)18-10-5-4-9-16(18)24(17)28/h1-14,26H. The topological polar surface area (TPSA) is 72.4 Å². The van der Waals surface area contributed by atoms with Gasteiger partial charge in [0.15, 0.2) is 10.9 Å². The normalized spacial score (nSPS) is 11.2. The minimum absolute atomic E-state index is 0.0976. The summed E-state index contributed by atoms with van der Waals surface area (Å²) in [6.45, 7) is 0. The first-order valence-corrected chi connectivity index (χ1v) is 9.09. The highest BCUT2D eigenvalue weighted by Crippen LogP contribution is 2.27. The third kappa shape index (κ3) is 2.72. The summed E-state index contributed by atoms with van der Waals surface area (Å²) < 4.78 is 7.76. The minimum atomic E-state index is -0.404. The highest BCUT2D eigenvalue weighted by molar-refractivity contribution is 5.87. The lowest BCUT2D eigenvalue weighted by Gasteiger charge is -2.13. The first-order chi connectivity index (χ1) is 14.1. The zero-order valence-corrected chi connectivity index (χ0v) is 15.2. The second-order valence-corrected chi connectivity index (χ2v) is 6.72. The predicted octanol–water partition coefficient (Wildman–Crippen LogP) is 4.47. The van der Waals surface area contributed by atoms with Crippen LogP contribution in [0.25, 0.3) is 38.9 Å². The van der Waals surface area contributed by atoms with E-state index in [4.69, 9.17) is 4.42 Å². The van der Waals surface area contributed by atoms with Crippen molar-refractivity contribution in [3.8, 4) is 22.8 Å². The molecular weight excluding hydrogens is 366 g/mol. The Morgan fingerprint density at radius 1 is 0.828 bits per heavy atom. The molecule has 2 aromatic heterocycles. The average Bonchev–Trinajstić information content (AvgIpc) is 2.74. The van der Waals surface area contributed by atoms with Gasteiger partial charge in [-0.15, -0.1) is 0 Å². The fraction of sp³-hybridized carbons (Fsp3) is 0. The maximum atomic E-state index is 13.2. The Bertz CT molecular complexity index is 1500. The van der Waals surface area contributed by atoms with Crippen LogP contribution in [0, 0.1) is 0 Å². The van der Waals surface area contributed by atoms with E-state index in [0.29, 0.717) is 5.39 Å². The maximum Gasteiger partial charge on any atom is 0.200 e. The van der Waals surface area contributed by atoms with Crippen LogP contribution < -0.4 is 10.9 Å². The Labute approximate surface area is 164 Å². The SMILES string of the molecule is O=c1c(-c2cc(=O)c3c(O)cccc3o2)cn(-c2ccccc2)c2ccccc12. The maximum absolute atomic E-state index is 13.2. The first-order valence-electron chi connectivity index (χ1n) is 9.09. The second-order valence-electron chi connectivity index (χ2n) is 6.72. The smallest absolute Gasteiger partial charge is 0.200 e. The zero-order valence-electron chi connectivity index (χ0n) is 15.2. The van der Waals surface area contributed by atoms with E-state index >= 15 is 0 Å². The molecule has 0 aliphatic heterocycles. The van der Waals surface area contributed by atoms with E-state index in [1.807, 2.05) is 47.0 Å². The van der Waals surface area contributed by atoms with Gasteiger partial charge < -0.3 is 14.1 Å². The number of aromatic hydroxyl groups is 1. The number of hydrogen-bond donors (Lipinski definition) is 1. The number of aromatic nitrogens is 1. The van der Waals surface area contributed by atoms with Gasteiger partial charge in [-0.25, -0.2) is 0 Å². The van der Waals surface area contributed by atoms with Gasteiger partial charge in [-0.3, -0.25) is 9.59 Å². The fourth-order valence-electron chi connectivity index (χ4n) is 3.58. The molecule has 0 atom stereocenters. The summed E-state index contributed by atoms with van der Waals surface area (Å²) in [5, 5.41) is 10.6. The molecule has 140 valence electrons. The van der Waals surface area contributed by atoms with Gasteiger partial charge in [-0.05, 0) is 36.4 Å². The molecule has 0 aliphatic carbocycles. The van der Waals surface area contributed by atoms with Crippen LogP contribution >= 0.6 is 0 Å². The van der Waals surface area contributed by atoms with E-state index in [9.17, 15) is 14.7 Å². The zero-order chi connectivity index (χ0) is 20.0.